The van der Waals surface area contributed by atoms with E-state index in [9.17, 15) is 0 Å². The first-order valence-electron chi connectivity index (χ1n) is 6.10. The van der Waals surface area contributed by atoms with Gasteiger partial charge < -0.3 is 5.73 Å². The highest BCUT2D eigenvalue weighted by molar-refractivity contribution is 5.49. The van der Waals surface area contributed by atoms with Crippen LogP contribution in [-0.4, -0.2) is 18.0 Å². The van der Waals surface area contributed by atoms with Crippen molar-refractivity contribution in [3.8, 4) is 0 Å². The number of anilines is 1. The van der Waals surface area contributed by atoms with Crippen LogP contribution in [0.2, 0.25) is 0 Å². The van der Waals surface area contributed by atoms with Crippen LogP contribution in [0.3, 0.4) is 0 Å². The minimum absolute atomic E-state index is 0.710. The minimum atomic E-state index is 0.710. The Morgan fingerprint density at radius 3 is 2.56 bits per heavy atom. The van der Waals surface area contributed by atoms with Gasteiger partial charge in [0, 0.05) is 18.8 Å². The summed E-state index contributed by atoms with van der Waals surface area (Å²) in [5, 5.41) is 0. The van der Waals surface area contributed by atoms with E-state index in [0.717, 1.165) is 25.3 Å². The SMILES string of the molecule is CCN(Cc1cccc(N)c1C)CC(C)C. The molecular weight excluding hydrogens is 196 g/mol. The van der Waals surface area contributed by atoms with Gasteiger partial charge in [0.15, 0.2) is 0 Å². The van der Waals surface area contributed by atoms with E-state index in [1.54, 1.807) is 0 Å². The summed E-state index contributed by atoms with van der Waals surface area (Å²) in [6.45, 7) is 12.1. The first kappa shape index (κ1) is 13.0. The van der Waals surface area contributed by atoms with Gasteiger partial charge in [-0.1, -0.05) is 32.9 Å². The zero-order chi connectivity index (χ0) is 12.1. The molecule has 2 heteroatoms. The van der Waals surface area contributed by atoms with Gasteiger partial charge in [-0.05, 0) is 36.6 Å². The number of rotatable bonds is 5. The van der Waals surface area contributed by atoms with E-state index in [-0.39, 0.29) is 0 Å². The molecule has 0 aliphatic carbocycles. The van der Waals surface area contributed by atoms with Gasteiger partial charge >= 0.3 is 0 Å². The number of hydrogen-bond acceptors (Lipinski definition) is 2. The molecule has 0 heterocycles. The van der Waals surface area contributed by atoms with Gasteiger partial charge in [-0.15, -0.1) is 0 Å². The van der Waals surface area contributed by atoms with Gasteiger partial charge in [0.25, 0.3) is 0 Å². The molecule has 0 amide bonds. The predicted molar refractivity (Wildman–Crippen MR) is 71.4 cm³/mol. The van der Waals surface area contributed by atoms with Gasteiger partial charge in [-0.2, -0.15) is 0 Å². The van der Waals surface area contributed by atoms with E-state index in [1.165, 1.54) is 11.1 Å². The molecule has 0 saturated carbocycles. The molecule has 2 N–H and O–H groups in total. The number of nitrogen functional groups attached to an aromatic ring is 1. The van der Waals surface area contributed by atoms with Crippen LogP contribution in [-0.2, 0) is 6.54 Å². The molecule has 1 aromatic carbocycles. The zero-order valence-corrected chi connectivity index (χ0v) is 11.0. The lowest BCUT2D eigenvalue weighted by Crippen LogP contribution is -2.27. The van der Waals surface area contributed by atoms with Gasteiger partial charge in [0.1, 0.15) is 0 Å². The van der Waals surface area contributed by atoms with Crippen LogP contribution >= 0.6 is 0 Å². The summed E-state index contributed by atoms with van der Waals surface area (Å²) in [6.07, 6.45) is 0. The normalized spacial score (nSPS) is 11.4. The summed E-state index contributed by atoms with van der Waals surface area (Å²) in [5.41, 5.74) is 9.40. The van der Waals surface area contributed by atoms with E-state index in [0.29, 0.717) is 5.92 Å². The van der Waals surface area contributed by atoms with Crippen LogP contribution in [0.5, 0.6) is 0 Å². The summed E-state index contributed by atoms with van der Waals surface area (Å²) in [6, 6.07) is 6.19. The molecular formula is C14H24N2. The van der Waals surface area contributed by atoms with Crippen LogP contribution in [0.25, 0.3) is 0 Å². The Bertz CT molecular complexity index is 332. The van der Waals surface area contributed by atoms with Crippen LogP contribution in [0.1, 0.15) is 31.9 Å². The molecule has 2 nitrogen and oxygen atoms in total. The van der Waals surface area contributed by atoms with Gasteiger partial charge in [0.05, 0.1) is 0 Å². The second-order valence-electron chi connectivity index (χ2n) is 4.85. The lowest BCUT2D eigenvalue weighted by atomic mass is 10.1. The van der Waals surface area contributed by atoms with Crippen molar-refractivity contribution in [2.75, 3.05) is 18.8 Å². The summed E-state index contributed by atoms with van der Waals surface area (Å²) >= 11 is 0. The standard InChI is InChI=1S/C14H24N2/c1-5-16(9-11(2)3)10-13-7-6-8-14(15)12(13)4/h6-8,11H,5,9-10,15H2,1-4H3. The van der Waals surface area contributed by atoms with Crippen molar-refractivity contribution in [2.24, 2.45) is 5.92 Å². The average Bonchev–Trinajstić information content (AvgIpc) is 2.23. The fourth-order valence-corrected chi connectivity index (χ4v) is 1.94. The fraction of sp³-hybridized carbons (Fsp3) is 0.571. The predicted octanol–water partition coefficient (Wildman–Crippen LogP) is 3.06. The topological polar surface area (TPSA) is 29.3 Å². The maximum Gasteiger partial charge on any atom is 0.0346 e. The molecule has 0 unspecified atom stereocenters. The Kier molecular flexibility index (Phi) is 4.81. The second kappa shape index (κ2) is 5.90. The maximum atomic E-state index is 5.92. The number of hydrogen-bond donors (Lipinski definition) is 1. The van der Waals surface area contributed by atoms with E-state index >= 15 is 0 Å². The quantitative estimate of drug-likeness (QED) is 0.773. The van der Waals surface area contributed by atoms with Crippen LogP contribution in [0.15, 0.2) is 18.2 Å². The second-order valence-corrected chi connectivity index (χ2v) is 4.85. The lowest BCUT2D eigenvalue weighted by Gasteiger charge is -2.23. The van der Waals surface area contributed by atoms with Crippen LogP contribution in [0, 0.1) is 12.8 Å². The third kappa shape index (κ3) is 3.53. The van der Waals surface area contributed by atoms with E-state index in [1.807, 2.05) is 12.1 Å². The number of nitrogens with two attached hydrogens (primary N) is 1. The molecule has 0 aliphatic heterocycles. The third-order valence-electron chi connectivity index (χ3n) is 2.95. The molecule has 0 spiro atoms. The Hall–Kier alpha value is -1.02. The summed E-state index contributed by atoms with van der Waals surface area (Å²) < 4.78 is 0. The summed E-state index contributed by atoms with van der Waals surface area (Å²) in [4.78, 5) is 2.46. The first-order chi connectivity index (χ1) is 7.54. The molecule has 1 rings (SSSR count). The van der Waals surface area contributed by atoms with Gasteiger partial charge in [0.2, 0.25) is 0 Å². The first-order valence-corrected chi connectivity index (χ1v) is 6.10. The summed E-state index contributed by atoms with van der Waals surface area (Å²) in [7, 11) is 0. The zero-order valence-electron chi connectivity index (χ0n) is 11.0. The highest BCUT2D eigenvalue weighted by atomic mass is 15.1. The monoisotopic (exact) mass is 220 g/mol. The Morgan fingerprint density at radius 2 is 2.00 bits per heavy atom. The molecule has 0 aromatic heterocycles. The highest BCUT2D eigenvalue weighted by Crippen LogP contribution is 2.17. The molecule has 0 aliphatic rings. The smallest absolute Gasteiger partial charge is 0.0346 e. The Balaban J connectivity index is 2.74. The Morgan fingerprint density at radius 1 is 1.31 bits per heavy atom. The van der Waals surface area contributed by atoms with E-state index in [4.69, 9.17) is 5.73 Å². The maximum absolute atomic E-state index is 5.92. The molecule has 90 valence electrons. The Labute approximate surface area is 99.5 Å². The van der Waals surface area contributed by atoms with Gasteiger partial charge in [-0.3, -0.25) is 4.90 Å². The number of benzene rings is 1. The molecule has 0 saturated heterocycles. The van der Waals surface area contributed by atoms with Crippen molar-refractivity contribution < 1.29 is 0 Å². The molecule has 0 atom stereocenters. The fourth-order valence-electron chi connectivity index (χ4n) is 1.94. The van der Waals surface area contributed by atoms with Crippen molar-refractivity contribution in [3.05, 3.63) is 29.3 Å². The van der Waals surface area contributed by atoms with Crippen molar-refractivity contribution >= 4 is 5.69 Å². The largest absolute Gasteiger partial charge is 0.399 e. The van der Waals surface area contributed by atoms with Crippen molar-refractivity contribution in [2.45, 2.75) is 34.2 Å². The van der Waals surface area contributed by atoms with Crippen molar-refractivity contribution in [3.63, 3.8) is 0 Å². The van der Waals surface area contributed by atoms with Crippen molar-refractivity contribution in [1.82, 2.24) is 4.90 Å². The third-order valence-corrected chi connectivity index (χ3v) is 2.95. The molecule has 16 heavy (non-hydrogen) atoms. The molecule has 0 bridgehead atoms. The van der Waals surface area contributed by atoms with Crippen molar-refractivity contribution in [1.29, 1.82) is 0 Å². The van der Waals surface area contributed by atoms with E-state index < -0.39 is 0 Å². The van der Waals surface area contributed by atoms with Crippen LogP contribution < -0.4 is 5.73 Å². The number of nitrogens with zero attached hydrogens (tertiary/aromatic N) is 1. The molecule has 1 aromatic rings. The lowest BCUT2D eigenvalue weighted by molar-refractivity contribution is 0.248. The highest BCUT2D eigenvalue weighted by Gasteiger charge is 2.08. The van der Waals surface area contributed by atoms with E-state index in [2.05, 4.69) is 38.7 Å². The molecule has 0 radical (unpaired) electrons. The van der Waals surface area contributed by atoms with Gasteiger partial charge in [-0.25, -0.2) is 0 Å². The average molecular weight is 220 g/mol. The van der Waals surface area contributed by atoms with Crippen LogP contribution in [0.4, 0.5) is 5.69 Å². The summed E-state index contributed by atoms with van der Waals surface area (Å²) in [5.74, 6) is 0.710. The molecule has 0 fully saturated rings. The minimum Gasteiger partial charge on any atom is -0.399 e.